The summed E-state index contributed by atoms with van der Waals surface area (Å²) in [4.78, 5) is 14.8. The van der Waals surface area contributed by atoms with Gasteiger partial charge in [-0.05, 0) is 24.3 Å². The quantitative estimate of drug-likeness (QED) is 0.653. The molecule has 0 atom stereocenters. The van der Waals surface area contributed by atoms with E-state index in [0.717, 1.165) is 6.20 Å². The molecule has 0 fully saturated rings. The molecule has 22 heavy (non-hydrogen) atoms. The van der Waals surface area contributed by atoms with Gasteiger partial charge in [-0.15, -0.1) is 0 Å². The normalized spacial score (nSPS) is 11.0. The molecule has 116 valence electrons. The van der Waals surface area contributed by atoms with E-state index in [1.165, 1.54) is 37.4 Å². The van der Waals surface area contributed by atoms with Gasteiger partial charge in [-0.1, -0.05) is 11.6 Å². The SMILES string of the molecule is COc1ccc(C(N)=O)c(OS(=O)(=O)c2ccc(Cl)nc2)c1. The molecule has 0 saturated carbocycles. The molecule has 1 heterocycles. The number of nitrogens with two attached hydrogens (primary N) is 1. The predicted octanol–water partition coefficient (Wildman–Crippen LogP) is 1.61. The van der Waals surface area contributed by atoms with E-state index in [1.54, 1.807) is 0 Å². The van der Waals surface area contributed by atoms with Crippen molar-refractivity contribution < 1.29 is 22.1 Å². The number of carbonyl (C=O) groups excluding carboxylic acids is 1. The summed E-state index contributed by atoms with van der Waals surface area (Å²) in [5.41, 5.74) is 5.11. The van der Waals surface area contributed by atoms with Crippen LogP contribution < -0.4 is 14.7 Å². The fraction of sp³-hybridized carbons (Fsp3) is 0.0769. The second kappa shape index (κ2) is 6.20. The number of nitrogens with zero attached hydrogens (tertiary/aromatic N) is 1. The van der Waals surface area contributed by atoms with Gasteiger partial charge in [-0.2, -0.15) is 8.42 Å². The van der Waals surface area contributed by atoms with Gasteiger partial charge in [-0.3, -0.25) is 4.79 Å². The van der Waals surface area contributed by atoms with Gasteiger partial charge in [0.25, 0.3) is 5.91 Å². The van der Waals surface area contributed by atoms with Gasteiger partial charge in [0.15, 0.2) is 5.75 Å². The maximum absolute atomic E-state index is 12.2. The monoisotopic (exact) mass is 342 g/mol. The van der Waals surface area contributed by atoms with E-state index in [-0.39, 0.29) is 21.4 Å². The van der Waals surface area contributed by atoms with Crippen LogP contribution in [0.1, 0.15) is 10.4 Å². The van der Waals surface area contributed by atoms with Crippen LogP contribution in [0.3, 0.4) is 0 Å². The lowest BCUT2D eigenvalue weighted by Crippen LogP contribution is -2.16. The Kier molecular flexibility index (Phi) is 4.53. The van der Waals surface area contributed by atoms with E-state index in [9.17, 15) is 13.2 Å². The van der Waals surface area contributed by atoms with Gasteiger partial charge in [0.05, 0.1) is 18.9 Å². The first kappa shape index (κ1) is 16.1. The summed E-state index contributed by atoms with van der Waals surface area (Å²) in [6.45, 7) is 0. The summed E-state index contributed by atoms with van der Waals surface area (Å²) < 4.78 is 34.3. The molecule has 0 unspecified atom stereocenters. The third-order valence-corrected chi connectivity index (χ3v) is 4.08. The van der Waals surface area contributed by atoms with Crippen LogP contribution >= 0.6 is 11.6 Å². The van der Waals surface area contributed by atoms with E-state index in [0.29, 0.717) is 5.75 Å². The number of rotatable bonds is 5. The fourth-order valence-electron chi connectivity index (χ4n) is 1.58. The molecular formula is C13H11ClN2O5S. The van der Waals surface area contributed by atoms with Crippen molar-refractivity contribution in [2.24, 2.45) is 5.73 Å². The topological polar surface area (TPSA) is 109 Å². The molecule has 2 aromatic rings. The Labute approximate surface area is 131 Å². The highest BCUT2D eigenvalue weighted by Crippen LogP contribution is 2.27. The molecule has 7 nitrogen and oxygen atoms in total. The Morgan fingerprint density at radius 3 is 2.55 bits per heavy atom. The van der Waals surface area contributed by atoms with Gasteiger partial charge >= 0.3 is 10.1 Å². The number of aromatic nitrogens is 1. The summed E-state index contributed by atoms with van der Waals surface area (Å²) in [5.74, 6) is -0.756. The zero-order valence-corrected chi connectivity index (χ0v) is 12.9. The smallest absolute Gasteiger partial charge is 0.340 e. The molecule has 1 aromatic carbocycles. The Morgan fingerprint density at radius 2 is 2.00 bits per heavy atom. The Hall–Kier alpha value is -2.32. The van der Waals surface area contributed by atoms with Crippen LogP contribution in [0.4, 0.5) is 0 Å². The second-order valence-corrected chi connectivity index (χ2v) is 6.01. The van der Waals surface area contributed by atoms with Crippen molar-refractivity contribution in [1.29, 1.82) is 0 Å². The molecule has 0 aliphatic heterocycles. The van der Waals surface area contributed by atoms with Crippen molar-refractivity contribution in [1.82, 2.24) is 4.98 Å². The molecule has 9 heteroatoms. The summed E-state index contributed by atoms with van der Waals surface area (Å²) >= 11 is 5.60. The van der Waals surface area contributed by atoms with Gasteiger partial charge in [0.1, 0.15) is 15.8 Å². The van der Waals surface area contributed by atoms with Crippen LogP contribution in [0, 0.1) is 0 Å². The molecule has 0 aliphatic rings. The Balaban J connectivity index is 2.44. The summed E-state index contributed by atoms with van der Waals surface area (Å²) in [7, 11) is -2.81. The first-order valence-electron chi connectivity index (χ1n) is 5.87. The van der Waals surface area contributed by atoms with E-state index in [2.05, 4.69) is 4.98 Å². The molecule has 0 aliphatic carbocycles. The number of carbonyl (C=O) groups is 1. The molecule has 0 radical (unpaired) electrons. The molecular weight excluding hydrogens is 332 g/mol. The lowest BCUT2D eigenvalue weighted by Gasteiger charge is -2.11. The van der Waals surface area contributed by atoms with Gasteiger partial charge in [-0.25, -0.2) is 4.98 Å². The van der Waals surface area contributed by atoms with E-state index >= 15 is 0 Å². The van der Waals surface area contributed by atoms with Crippen LogP contribution in [0.5, 0.6) is 11.5 Å². The van der Waals surface area contributed by atoms with Crippen LogP contribution in [-0.4, -0.2) is 26.4 Å². The number of halogens is 1. The van der Waals surface area contributed by atoms with Gasteiger partial charge in [0.2, 0.25) is 0 Å². The van der Waals surface area contributed by atoms with Crippen molar-refractivity contribution in [3.05, 3.63) is 47.2 Å². The van der Waals surface area contributed by atoms with Gasteiger partial charge in [0, 0.05) is 6.07 Å². The standard InChI is InChI=1S/C13H11ClN2O5S/c1-20-8-2-4-10(13(15)17)11(6-8)21-22(18,19)9-3-5-12(14)16-7-9/h2-7H,1H3,(H2,15,17). The van der Waals surface area contributed by atoms with E-state index < -0.39 is 16.0 Å². The molecule has 0 spiro atoms. The summed E-state index contributed by atoms with van der Waals surface area (Å²) in [6.07, 6.45) is 1.04. The lowest BCUT2D eigenvalue weighted by atomic mass is 10.2. The van der Waals surface area contributed by atoms with Crippen molar-refractivity contribution in [3.8, 4) is 11.5 Å². The average Bonchev–Trinajstić information content (AvgIpc) is 2.46. The largest absolute Gasteiger partial charge is 0.497 e. The highest BCUT2D eigenvalue weighted by atomic mass is 35.5. The molecule has 1 aromatic heterocycles. The minimum absolute atomic E-state index is 0.0914. The average molecular weight is 343 g/mol. The zero-order chi connectivity index (χ0) is 16.3. The first-order valence-corrected chi connectivity index (χ1v) is 7.66. The minimum Gasteiger partial charge on any atom is -0.497 e. The highest BCUT2D eigenvalue weighted by Gasteiger charge is 2.21. The maximum Gasteiger partial charge on any atom is 0.340 e. The van der Waals surface area contributed by atoms with Crippen LogP contribution in [0.2, 0.25) is 5.15 Å². The Bertz CT molecular complexity index is 806. The number of benzene rings is 1. The van der Waals surface area contributed by atoms with Crippen LogP contribution in [-0.2, 0) is 10.1 Å². The minimum atomic E-state index is -4.20. The summed E-state index contributed by atoms with van der Waals surface area (Å²) in [5, 5.41) is 0.137. The first-order chi connectivity index (χ1) is 10.3. The predicted molar refractivity (Wildman–Crippen MR) is 78.6 cm³/mol. The zero-order valence-electron chi connectivity index (χ0n) is 11.3. The number of hydrogen-bond donors (Lipinski definition) is 1. The molecule has 2 N–H and O–H groups in total. The molecule has 1 amide bonds. The van der Waals surface area contributed by atoms with E-state index in [4.69, 9.17) is 26.3 Å². The maximum atomic E-state index is 12.2. The van der Waals surface area contributed by atoms with Crippen LogP contribution in [0.25, 0.3) is 0 Å². The second-order valence-electron chi connectivity index (χ2n) is 4.08. The number of pyridine rings is 1. The van der Waals surface area contributed by atoms with Crippen molar-refractivity contribution in [2.75, 3.05) is 7.11 Å². The summed E-state index contributed by atoms with van der Waals surface area (Å²) in [6, 6.07) is 6.56. The third-order valence-electron chi connectivity index (χ3n) is 2.64. The fourth-order valence-corrected chi connectivity index (χ4v) is 2.58. The van der Waals surface area contributed by atoms with Crippen molar-refractivity contribution in [3.63, 3.8) is 0 Å². The van der Waals surface area contributed by atoms with Crippen molar-refractivity contribution in [2.45, 2.75) is 4.90 Å². The van der Waals surface area contributed by atoms with E-state index in [1.807, 2.05) is 0 Å². The van der Waals surface area contributed by atoms with Crippen molar-refractivity contribution >= 4 is 27.6 Å². The number of methoxy groups -OCH3 is 1. The number of ether oxygens (including phenoxy) is 1. The molecule has 2 rings (SSSR count). The number of primary amides is 1. The molecule has 0 saturated heterocycles. The van der Waals surface area contributed by atoms with Gasteiger partial charge < -0.3 is 14.7 Å². The number of hydrogen-bond acceptors (Lipinski definition) is 6. The number of amides is 1. The highest BCUT2D eigenvalue weighted by molar-refractivity contribution is 7.87. The Morgan fingerprint density at radius 1 is 1.27 bits per heavy atom. The lowest BCUT2D eigenvalue weighted by molar-refractivity contribution is 0.0999. The molecule has 0 bridgehead atoms. The third kappa shape index (κ3) is 3.46. The van der Waals surface area contributed by atoms with Crippen LogP contribution in [0.15, 0.2) is 41.4 Å².